The third kappa shape index (κ3) is 2.67. The molecular formula is C13H20N4. The molecule has 1 saturated heterocycles. The number of aromatic amines is 1. The summed E-state index contributed by atoms with van der Waals surface area (Å²) >= 11 is 0. The van der Waals surface area contributed by atoms with Crippen LogP contribution in [0.4, 0.5) is 0 Å². The second-order valence-electron chi connectivity index (χ2n) is 4.92. The minimum absolute atomic E-state index is 0.0925. The van der Waals surface area contributed by atoms with Crippen LogP contribution in [0.2, 0.25) is 0 Å². The standard InChI is InChI=1S/C13H20N4/c1-3-10(7-14)13-15-8-12(16-13)11-5-4-6-17(2)9-11/h8,10-11H,3-6,9H2,1-2H3,(H,15,16). The lowest BCUT2D eigenvalue weighted by molar-refractivity contribution is 0.248. The lowest BCUT2D eigenvalue weighted by Crippen LogP contribution is -2.30. The van der Waals surface area contributed by atoms with E-state index < -0.39 is 0 Å². The van der Waals surface area contributed by atoms with Crippen LogP contribution in [0.3, 0.4) is 0 Å². The Morgan fingerprint density at radius 2 is 2.53 bits per heavy atom. The molecule has 1 aliphatic rings. The minimum Gasteiger partial charge on any atom is -0.344 e. The third-order valence-corrected chi connectivity index (χ3v) is 3.57. The summed E-state index contributed by atoms with van der Waals surface area (Å²) in [4.78, 5) is 10.1. The first-order valence-electron chi connectivity index (χ1n) is 6.37. The molecule has 2 atom stereocenters. The fourth-order valence-electron chi connectivity index (χ4n) is 2.50. The van der Waals surface area contributed by atoms with Gasteiger partial charge in [0.2, 0.25) is 0 Å². The summed E-state index contributed by atoms with van der Waals surface area (Å²) in [6.45, 7) is 4.29. The van der Waals surface area contributed by atoms with Gasteiger partial charge in [-0.2, -0.15) is 5.26 Å². The number of hydrogen-bond donors (Lipinski definition) is 1. The van der Waals surface area contributed by atoms with Gasteiger partial charge in [-0.15, -0.1) is 0 Å². The highest BCUT2D eigenvalue weighted by Gasteiger charge is 2.21. The molecule has 2 rings (SSSR count). The molecule has 0 radical (unpaired) electrons. The molecule has 1 fully saturated rings. The van der Waals surface area contributed by atoms with Crippen molar-refractivity contribution in [3.63, 3.8) is 0 Å². The summed E-state index contributed by atoms with van der Waals surface area (Å²) in [6, 6.07) is 2.29. The predicted molar refractivity (Wildman–Crippen MR) is 66.7 cm³/mol. The zero-order valence-corrected chi connectivity index (χ0v) is 10.6. The molecule has 1 aromatic heterocycles. The van der Waals surface area contributed by atoms with Crippen LogP contribution in [-0.2, 0) is 0 Å². The molecule has 4 nitrogen and oxygen atoms in total. The van der Waals surface area contributed by atoms with E-state index in [0.29, 0.717) is 5.92 Å². The molecule has 4 heteroatoms. The number of piperidine rings is 1. The first kappa shape index (κ1) is 12.1. The van der Waals surface area contributed by atoms with E-state index in [1.54, 1.807) is 0 Å². The number of nitrogens with zero attached hydrogens (tertiary/aromatic N) is 3. The molecule has 2 heterocycles. The Hall–Kier alpha value is -1.34. The molecular weight excluding hydrogens is 212 g/mol. The quantitative estimate of drug-likeness (QED) is 0.869. The molecule has 0 bridgehead atoms. The second kappa shape index (κ2) is 5.33. The van der Waals surface area contributed by atoms with E-state index in [9.17, 15) is 0 Å². The molecule has 2 unspecified atom stereocenters. The topological polar surface area (TPSA) is 55.7 Å². The van der Waals surface area contributed by atoms with Crippen molar-refractivity contribution in [3.05, 3.63) is 17.7 Å². The molecule has 92 valence electrons. The Bertz CT molecular complexity index is 404. The number of imidazole rings is 1. The molecule has 0 amide bonds. The van der Waals surface area contributed by atoms with Crippen LogP contribution in [0.25, 0.3) is 0 Å². The second-order valence-corrected chi connectivity index (χ2v) is 4.92. The highest BCUT2D eigenvalue weighted by Crippen LogP contribution is 2.26. The summed E-state index contributed by atoms with van der Waals surface area (Å²) in [5.74, 6) is 1.29. The van der Waals surface area contributed by atoms with Crippen LogP contribution >= 0.6 is 0 Å². The molecule has 1 aliphatic heterocycles. The summed E-state index contributed by atoms with van der Waals surface area (Å²) < 4.78 is 0. The number of aromatic nitrogens is 2. The predicted octanol–water partition coefficient (Wildman–Crippen LogP) is 2.24. The highest BCUT2D eigenvalue weighted by atomic mass is 15.1. The SMILES string of the molecule is CCC(C#N)c1ncc(C2CCCN(C)C2)[nH]1. The van der Waals surface area contributed by atoms with Crippen LogP contribution < -0.4 is 0 Å². The van der Waals surface area contributed by atoms with Crippen molar-refractivity contribution < 1.29 is 0 Å². The van der Waals surface area contributed by atoms with Crippen LogP contribution in [0, 0.1) is 11.3 Å². The van der Waals surface area contributed by atoms with Crippen LogP contribution in [0.5, 0.6) is 0 Å². The molecule has 0 aliphatic carbocycles. The maximum atomic E-state index is 9.02. The Balaban J connectivity index is 2.10. The molecule has 1 N–H and O–H groups in total. The zero-order chi connectivity index (χ0) is 12.3. The minimum atomic E-state index is -0.0925. The van der Waals surface area contributed by atoms with E-state index in [0.717, 1.165) is 18.8 Å². The molecule has 1 aromatic rings. The van der Waals surface area contributed by atoms with E-state index in [1.807, 2.05) is 13.1 Å². The summed E-state index contributed by atoms with van der Waals surface area (Å²) in [7, 11) is 2.16. The van der Waals surface area contributed by atoms with Crippen LogP contribution in [0.1, 0.15) is 49.5 Å². The molecule has 17 heavy (non-hydrogen) atoms. The number of H-pyrrole nitrogens is 1. The highest BCUT2D eigenvalue weighted by molar-refractivity contribution is 5.15. The average molecular weight is 232 g/mol. The number of rotatable bonds is 3. The summed E-state index contributed by atoms with van der Waals surface area (Å²) in [5.41, 5.74) is 1.19. The van der Waals surface area contributed by atoms with Gasteiger partial charge in [0.25, 0.3) is 0 Å². The lowest BCUT2D eigenvalue weighted by atomic mass is 9.96. The van der Waals surface area contributed by atoms with Gasteiger partial charge in [0.05, 0.1) is 6.07 Å². The number of hydrogen-bond acceptors (Lipinski definition) is 3. The Labute approximate surface area is 103 Å². The van der Waals surface area contributed by atoms with Gasteiger partial charge in [-0.1, -0.05) is 6.92 Å². The summed E-state index contributed by atoms with van der Waals surface area (Å²) in [5, 5.41) is 9.02. The fourth-order valence-corrected chi connectivity index (χ4v) is 2.50. The van der Waals surface area contributed by atoms with E-state index in [4.69, 9.17) is 5.26 Å². The summed E-state index contributed by atoms with van der Waals surface area (Å²) in [6.07, 6.45) is 5.19. The smallest absolute Gasteiger partial charge is 0.123 e. The number of nitriles is 1. The molecule has 0 saturated carbocycles. The first-order chi connectivity index (χ1) is 8.24. The number of likely N-dealkylation sites (N-methyl/N-ethyl adjacent to an activating group) is 1. The average Bonchev–Trinajstić information content (AvgIpc) is 2.80. The van der Waals surface area contributed by atoms with E-state index in [2.05, 4.69) is 28.0 Å². The lowest BCUT2D eigenvalue weighted by Gasteiger charge is -2.28. The fraction of sp³-hybridized carbons (Fsp3) is 0.692. The van der Waals surface area contributed by atoms with Crippen LogP contribution in [0.15, 0.2) is 6.20 Å². The number of likely N-dealkylation sites (tertiary alicyclic amines) is 1. The largest absolute Gasteiger partial charge is 0.344 e. The van der Waals surface area contributed by atoms with Gasteiger partial charge < -0.3 is 9.88 Å². The number of nitrogens with one attached hydrogen (secondary N) is 1. The maximum Gasteiger partial charge on any atom is 0.123 e. The maximum absolute atomic E-state index is 9.02. The van der Waals surface area contributed by atoms with Gasteiger partial charge >= 0.3 is 0 Å². The van der Waals surface area contributed by atoms with Crippen molar-refractivity contribution in [2.45, 2.75) is 38.0 Å². The van der Waals surface area contributed by atoms with Gasteiger partial charge in [-0.25, -0.2) is 4.98 Å². The van der Waals surface area contributed by atoms with Crippen molar-refractivity contribution in [2.75, 3.05) is 20.1 Å². The van der Waals surface area contributed by atoms with Crippen LogP contribution in [-0.4, -0.2) is 35.0 Å². The van der Waals surface area contributed by atoms with Gasteiger partial charge in [-0.3, -0.25) is 0 Å². The molecule has 0 aromatic carbocycles. The van der Waals surface area contributed by atoms with Crippen molar-refractivity contribution >= 4 is 0 Å². The van der Waals surface area contributed by atoms with E-state index in [-0.39, 0.29) is 5.92 Å². The Morgan fingerprint density at radius 1 is 1.71 bits per heavy atom. The zero-order valence-electron chi connectivity index (χ0n) is 10.6. The molecule has 0 spiro atoms. The monoisotopic (exact) mass is 232 g/mol. The van der Waals surface area contributed by atoms with Crippen molar-refractivity contribution in [1.82, 2.24) is 14.9 Å². The van der Waals surface area contributed by atoms with Gasteiger partial charge in [0, 0.05) is 24.4 Å². The van der Waals surface area contributed by atoms with E-state index in [1.165, 1.54) is 25.1 Å². The van der Waals surface area contributed by atoms with Crippen molar-refractivity contribution in [1.29, 1.82) is 5.26 Å². The Morgan fingerprint density at radius 3 is 3.18 bits per heavy atom. The van der Waals surface area contributed by atoms with Crippen molar-refractivity contribution in [2.24, 2.45) is 0 Å². The van der Waals surface area contributed by atoms with E-state index >= 15 is 0 Å². The van der Waals surface area contributed by atoms with Gasteiger partial charge in [0.15, 0.2) is 0 Å². The van der Waals surface area contributed by atoms with Gasteiger partial charge in [-0.05, 0) is 32.9 Å². The normalized spacial score (nSPS) is 23.2. The third-order valence-electron chi connectivity index (χ3n) is 3.57. The van der Waals surface area contributed by atoms with Crippen molar-refractivity contribution in [3.8, 4) is 6.07 Å². The van der Waals surface area contributed by atoms with Gasteiger partial charge in [0.1, 0.15) is 11.7 Å². The Kier molecular flexibility index (Phi) is 3.80. The first-order valence-corrected chi connectivity index (χ1v) is 6.37.